The first kappa shape index (κ1) is 15.0. The van der Waals surface area contributed by atoms with Crippen LogP contribution in [0.25, 0.3) is 0 Å². The number of carboxylic acid groups (broad SMARTS) is 1. The van der Waals surface area contributed by atoms with Gasteiger partial charge < -0.3 is 10.2 Å². The second-order valence-electron chi connectivity index (χ2n) is 7.82. The maximum Gasteiger partial charge on any atom is 0.304 e. The van der Waals surface area contributed by atoms with Crippen LogP contribution in [0, 0.1) is 11.8 Å². The Kier molecular flexibility index (Phi) is 3.41. The Balaban J connectivity index is 1.76. The molecule has 23 heavy (non-hydrogen) atoms. The number of benzene rings is 1. The van der Waals surface area contributed by atoms with Crippen LogP contribution in [0.5, 0.6) is 5.75 Å². The van der Waals surface area contributed by atoms with Gasteiger partial charge in [-0.3, -0.25) is 9.69 Å². The van der Waals surface area contributed by atoms with E-state index in [1.165, 1.54) is 24.9 Å². The molecule has 0 radical (unpaired) electrons. The van der Waals surface area contributed by atoms with E-state index in [1.807, 2.05) is 12.1 Å². The molecule has 3 aliphatic rings. The maximum absolute atomic E-state index is 11.6. The van der Waals surface area contributed by atoms with Crippen LogP contribution in [0.3, 0.4) is 0 Å². The number of phenols is 1. The fraction of sp³-hybridized carbons (Fsp3) is 0.632. The zero-order chi connectivity index (χ0) is 16.2. The summed E-state index contributed by atoms with van der Waals surface area (Å²) in [6.45, 7) is 4.37. The Bertz CT molecular complexity index is 640. The zero-order valence-corrected chi connectivity index (χ0v) is 13.7. The van der Waals surface area contributed by atoms with E-state index in [9.17, 15) is 15.0 Å². The van der Waals surface area contributed by atoms with E-state index >= 15 is 0 Å². The highest BCUT2D eigenvalue weighted by atomic mass is 16.4. The Morgan fingerprint density at radius 3 is 2.87 bits per heavy atom. The first-order valence-corrected chi connectivity index (χ1v) is 8.78. The van der Waals surface area contributed by atoms with Gasteiger partial charge in [-0.1, -0.05) is 13.0 Å². The molecule has 1 unspecified atom stereocenters. The van der Waals surface area contributed by atoms with Gasteiger partial charge in [-0.25, -0.2) is 0 Å². The lowest BCUT2D eigenvalue weighted by Gasteiger charge is -2.55. The van der Waals surface area contributed by atoms with E-state index in [-0.39, 0.29) is 17.6 Å². The average Bonchev–Trinajstić information content (AvgIpc) is 3.29. The number of aromatic hydroxyl groups is 1. The van der Waals surface area contributed by atoms with Crippen molar-refractivity contribution in [3.8, 4) is 5.75 Å². The molecule has 2 aliphatic carbocycles. The number of carboxylic acids is 1. The SMILES string of the molecule is C[C@H]1C2Cc3ccc(O)cc3[C@@]1(CC(=O)O)CCN2CC1CC1. The van der Waals surface area contributed by atoms with Crippen LogP contribution in [0.15, 0.2) is 18.2 Å². The van der Waals surface area contributed by atoms with Crippen molar-refractivity contribution in [2.24, 2.45) is 11.8 Å². The van der Waals surface area contributed by atoms with Crippen molar-refractivity contribution in [2.45, 2.75) is 50.5 Å². The summed E-state index contributed by atoms with van der Waals surface area (Å²) in [5, 5.41) is 19.5. The van der Waals surface area contributed by atoms with Crippen molar-refractivity contribution in [2.75, 3.05) is 13.1 Å². The molecule has 0 amide bonds. The van der Waals surface area contributed by atoms with Gasteiger partial charge in [-0.2, -0.15) is 0 Å². The fourth-order valence-corrected chi connectivity index (χ4v) is 5.01. The first-order valence-electron chi connectivity index (χ1n) is 8.78. The van der Waals surface area contributed by atoms with Gasteiger partial charge in [0.1, 0.15) is 5.75 Å². The lowest BCUT2D eigenvalue weighted by Crippen LogP contribution is -2.59. The predicted molar refractivity (Wildman–Crippen MR) is 87.6 cm³/mol. The second kappa shape index (κ2) is 5.23. The van der Waals surface area contributed by atoms with Crippen molar-refractivity contribution in [3.05, 3.63) is 29.3 Å². The van der Waals surface area contributed by atoms with Gasteiger partial charge in [-0.15, -0.1) is 0 Å². The van der Waals surface area contributed by atoms with Gasteiger partial charge in [0, 0.05) is 18.0 Å². The molecule has 1 aliphatic heterocycles. The number of piperidine rings is 1. The third kappa shape index (κ3) is 2.44. The smallest absolute Gasteiger partial charge is 0.304 e. The van der Waals surface area contributed by atoms with Crippen LogP contribution in [-0.2, 0) is 16.6 Å². The highest BCUT2D eigenvalue weighted by Gasteiger charge is 2.52. The number of rotatable bonds is 4. The number of hydrogen-bond donors (Lipinski definition) is 2. The van der Waals surface area contributed by atoms with Crippen LogP contribution in [0.1, 0.15) is 43.7 Å². The van der Waals surface area contributed by atoms with Gasteiger partial charge in [-0.05, 0) is 67.3 Å². The Morgan fingerprint density at radius 1 is 1.39 bits per heavy atom. The summed E-state index contributed by atoms with van der Waals surface area (Å²) >= 11 is 0. The number of phenolic OH excluding ortho intramolecular Hbond substituents is 1. The standard InChI is InChI=1S/C19H25NO3/c1-12-17-8-14-4-5-15(21)9-16(14)19(12,10-18(22)23)6-7-20(17)11-13-2-3-13/h4-5,9,12-13,17,21H,2-3,6-8,10-11H2,1H3,(H,22,23)/t12-,17?,19+/m0/s1. The van der Waals surface area contributed by atoms with Crippen LogP contribution in [-0.4, -0.2) is 40.2 Å². The number of fused-ring (bicyclic) bond motifs is 4. The van der Waals surface area contributed by atoms with Crippen molar-refractivity contribution >= 4 is 5.97 Å². The van der Waals surface area contributed by atoms with Gasteiger partial charge >= 0.3 is 5.97 Å². The van der Waals surface area contributed by atoms with Crippen LogP contribution in [0.4, 0.5) is 0 Å². The molecule has 1 saturated carbocycles. The van der Waals surface area contributed by atoms with E-state index < -0.39 is 5.97 Å². The Labute approximate surface area is 137 Å². The van der Waals surface area contributed by atoms with Gasteiger partial charge in [0.05, 0.1) is 6.42 Å². The highest BCUT2D eigenvalue weighted by Crippen LogP contribution is 2.52. The van der Waals surface area contributed by atoms with Crippen molar-refractivity contribution in [3.63, 3.8) is 0 Å². The Hall–Kier alpha value is -1.55. The van der Waals surface area contributed by atoms with Crippen molar-refractivity contribution in [1.29, 1.82) is 0 Å². The quantitative estimate of drug-likeness (QED) is 0.897. The molecule has 1 saturated heterocycles. The van der Waals surface area contributed by atoms with Gasteiger partial charge in [0.25, 0.3) is 0 Å². The Morgan fingerprint density at radius 2 is 2.17 bits per heavy atom. The fourth-order valence-electron chi connectivity index (χ4n) is 5.01. The molecule has 0 spiro atoms. The normalized spacial score (nSPS) is 33.3. The summed E-state index contributed by atoms with van der Waals surface area (Å²) < 4.78 is 0. The molecule has 4 rings (SSSR count). The molecular weight excluding hydrogens is 290 g/mol. The molecule has 1 aromatic rings. The maximum atomic E-state index is 11.6. The molecule has 4 nitrogen and oxygen atoms in total. The number of nitrogens with zero attached hydrogens (tertiary/aromatic N) is 1. The van der Waals surface area contributed by atoms with Crippen LogP contribution >= 0.6 is 0 Å². The minimum Gasteiger partial charge on any atom is -0.508 e. The summed E-state index contributed by atoms with van der Waals surface area (Å²) in [4.78, 5) is 14.2. The summed E-state index contributed by atoms with van der Waals surface area (Å²) in [7, 11) is 0. The molecule has 2 N–H and O–H groups in total. The van der Waals surface area contributed by atoms with Crippen molar-refractivity contribution in [1.82, 2.24) is 4.90 Å². The molecule has 2 fully saturated rings. The molecule has 1 aromatic carbocycles. The van der Waals surface area contributed by atoms with E-state index in [4.69, 9.17) is 0 Å². The van der Waals surface area contributed by atoms with E-state index in [0.29, 0.717) is 12.0 Å². The van der Waals surface area contributed by atoms with Crippen LogP contribution < -0.4 is 0 Å². The van der Waals surface area contributed by atoms with Crippen LogP contribution in [0.2, 0.25) is 0 Å². The zero-order valence-electron chi connectivity index (χ0n) is 13.7. The van der Waals surface area contributed by atoms with Crippen molar-refractivity contribution < 1.29 is 15.0 Å². The molecule has 1 heterocycles. The summed E-state index contributed by atoms with van der Waals surface area (Å²) in [6, 6.07) is 5.99. The minimum atomic E-state index is -0.734. The van der Waals surface area contributed by atoms with E-state index in [1.54, 1.807) is 6.07 Å². The topological polar surface area (TPSA) is 60.8 Å². The average molecular weight is 315 g/mol. The lowest BCUT2D eigenvalue weighted by molar-refractivity contribution is -0.140. The first-order chi connectivity index (χ1) is 11.0. The highest BCUT2D eigenvalue weighted by molar-refractivity contribution is 5.70. The second-order valence-corrected chi connectivity index (χ2v) is 7.82. The third-order valence-electron chi connectivity index (χ3n) is 6.48. The number of carbonyl (C=O) groups is 1. The molecule has 3 atom stereocenters. The minimum absolute atomic E-state index is 0.165. The molecule has 4 heteroatoms. The van der Waals surface area contributed by atoms with E-state index in [2.05, 4.69) is 11.8 Å². The largest absolute Gasteiger partial charge is 0.508 e. The van der Waals surface area contributed by atoms with Gasteiger partial charge in [0.2, 0.25) is 0 Å². The van der Waals surface area contributed by atoms with E-state index in [0.717, 1.165) is 30.9 Å². The molecule has 124 valence electrons. The molecular formula is C19H25NO3. The molecule has 2 bridgehead atoms. The molecule has 0 aromatic heterocycles. The van der Waals surface area contributed by atoms with Gasteiger partial charge in [0.15, 0.2) is 0 Å². The monoisotopic (exact) mass is 315 g/mol. The summed E-state index contributed by atoms with van der Waals surface area (Å²) in [5.74, 6) is 0.679. The summed E-state index contributed by atoms with van der Waals surface area (Å²) in [5.41, 5.74) is 1.98. The summed E-state index contributed by atoms with van der Waals surface area (Å²) in [6.07, 6.45) is 4.72. The predicted octanol–water partition coefficient (Wildman–Crippen LogP) is 2.78. The number of aliphatic carboxylic acids is 1. The lowest BCUT2D eigenvalue weighted by atomic mass is 9.56. The number of likely N-dealkylation sites (tertiary alicyclic amines) is 1. The number of hydrogen-bond acceptors (Lipinski definition) is 3. The third-order valence-corrected chi connectivity index (χ3v) is 6.48.